The fourth-order valence-corrected chi connectivity index (χ4v) is 7.63. The van der Waals surface area contributed by atoms with E-state index in [-0.39, 0.29) is 23.0 Å². The van der Waals surface area contributed by atoms with Gasteiger partial charge in [-0.25, -0.2) is 0 Å². The molecule has 0 aromatic carbocycles. The summed E-state index contributed by atoms with van der Waals surface area (Å²) in [6.07, 6.45) is 12.7. The van der Waals surface area contributed by atoms with E-state index in [2.05, 4.69) is 13.8 Å². The lowest BCUT2D eigenvalue weighted by atomic mass is 9.46. The van der Waals surface area contributed by atoms with E-state index < -0.39 is 5.41 Å². The van der Waals surface area contributed by atoms with Gasteiger partial charge in [0.05, 0.1) is 0 Å². The molecule has 2 N–H and O–H groups in total. The largest absolute Gasteiger partial charge is 0.369 e. The van der Waals surface area contributed by atoms with Gasteiger partial charge in [0, 0.05) is 11.3 Å². The van der Waals surface area contributed by atoms with Gasteiger partial charge < -0.3 is 5.73 Å². The number of rotatable bonds is 3. The lowest BCUT2D eigenvalue weighted by Crippen LogP contribution is -2.51. The van der Waals surface area contributed by atoms with E-state index in [1.807, 2.05) is 19.9 Å². The maximum Gasteiger partial charge on any atom is 0.223 e. The summed E-state index contributed by atoms with van der Waals surface area (Å²) in [5.41, 5.74) is 7.10. The van der Waals surface area contributed by atoms with Crippen LogP contribution in [-0.4, -0.2) is 11.7 Å². The molecule has 0 bridgehead atoms. The van der Waals surface area contributed by atoms with Crippen molar-refractivity contribution in [3.63, 3.8) is 0 Å². The summed E-state index contributed by atoms with van der Waals surface area (Å²) in [5.74, 6) is 2.30. The molecule has 6 atom stereocenters. The van der Waals surface area contributed by atoms with Gasteiger partial charge in [0.2, 0.25) is 5.91 Å². The van der Waals surface area contributed by atoms with E-state index in [0.29, 0.717) is 17.8 Å². The Hall–Kier alpha value is -1.12. The highest BCUT2D eigenvalue weighted by Crippen LogP contribution is 2.65. The minimum atomic E-state index is -0.618. The summed E-state index contributed by atoms with van der Waals surface area (Å²) in [6.45, 7) is 8.75. The van der Waals surface area contributed by atoms with E-state index >= 15 is 0 Å². The first kappa shape index (κ1) is 19.2. The third-order valence-electron chi connectivity index (χ3n) is 9.33. The zero-order valence-corrected chi connectivity index (χ0v) is 17.6. The maximum atomic E-state index is 12.9. The Morgan fingerprint density at radius 1 is 1.19 bits per heavy atom. The van der Waals surface area contributed by atoms with Crippen LogP contribution >= 0.6 is 0 Å². The molecule has 0 spiro atoms. The second-order valence-corrected chi connectivity index (χ2v) is 11.3. The van der Waals surface area contributed by atoms with Crippen LogP contribution in [0.4, 0.5) is 0 Å². The summed E-state index contributed by atoms with van der Waals surface area (Å²) in [7, 11) is 0. The molecule has 0 aromatic heterocycles. The van der Waals surface area contributed by atoms with Gasteiger partial charge in [-0.2, -0.15) is 0 Å². The Bertz CT molecular complexity index is 692. The first-order valence-corrected chi connectivity index (χ1v) is 11.1. The smallest absolute Gasteiger partial charge is 0.223 e. The molecule has 0 aliphatic heterocycles. The number of allylic oxidation sites excluding steroid dienone is 1. The molecule has 4 rings (SSSR count). The number of hydrogen-bond acceptors (Lipinski definition) is 2. The van der Waals surface area contributed by atoms with Crippen LogP contribution in [0.2, 0.25) is 0 Å². The predicted molar refractivity (Wildman–Crippen MR) is 108 cm³/mol. The molecule has 4 aliphatic carbocycles. The van der Waals surface area contributed by atoms with Crippen LogP contribution in [0.15, 0.2) is 11.6 Å². The van der Waals surface area contributed by atoms with Gasteiger partial charge in [-0.3, -0.25) is 9.59 Å². The highest BCUT2D eigenvalue weighted by atomic mass is 16.1. The first-order valence-electron chi connectivity index (χ1n) is 11.1. The summed E-state index contributed by atoms with van der Waals surface area (Å²) >= 11 is 0. The van der Waals surface area contributed by atoms with Crippen LogP contribution in [-0.2, 0) is 9.59 Å². The quantitative estimate of drug-likeness (QED) is 0.756. The molecule has 0 radical (unpaired) electrons. The molecule has 1 unspecified atom stereocenters. The van der Waals surface area contributed by atoms with Gasteiger partial charge in [0.25, 0.3) is 0 Å². The second-order valence-electron chi connectivity index (χ2n) is 11.3. The van der Waals surface area contributed by atoms with Crippen molar-refractivity contribution in [2.24, 2.45) is 45.7 Å². The monoisotopic (exact) mass is 371 g/mol. The Kier molecular flexibility index (Phi) is 4.40. The number of fused-ring (bicyclic) bond motifs is 5. The summed E-state index contributed by atoms with van der Waals surface area (Å²) < 4.78 is 0. The van der Waals surface area contributed by atoms with Crippen LogP contribution in [0.25, 0.3) is 0 Å². The van der Waals surface area contributed by atoms with Crippen LogP contribution in [0.5, 0.6) is 0 Å². The van der Waals surface area contributed by atoms with Gasteiger partial charge in [-0.1, -0.05) is 39.7 Å². The van der Waals surface area contributed by atoms with Crippen molar-refractivity contribution in [3.05, 3.63) is 11.6 Å². The van der Waals surface area contributed by atoms with Crippen molar-refractivity contribution in [1.82, 2.24) is 0 Å². The summed E-state index contributed by atoms with van der Waals surface area (Å²) in [5, 5.41) is 0. The molecule has 0 saturated heterocycles. The fraction of sp³-hybridized carbons (Fsp3) is 0.833. The SMILES string of the molecule is CC(C)(CC1C[C@@]2(C)C(=CC1=O)CC[C@@H]1[C@H]2CC[C@]2(C)CCC[C@@H]12)C(N)=O. The van der Waals surface area contributed by atoms with E-state index in [9.17, 15) is 9.59 Å². The Morgan fingerprint density at radius 2 is 1.93 bits per heavy atom. The van der Waals surface area contributed by atoms with Crippen molar-refractivity contribution < 1.29 is 9.59 Å². The van der Waals surface area contributed by atoms with Gasteiger partial charge in [0.15, 0.2) is 5.78 Å². The zero-order valence-electron chi connectivity index (χ0n) is 17.6. The van der Waals surface area contributed by atoms with Crippen LogP contribution in [0.1, 0.15) is 85.5 Å². The van der Waals surface area contributed by atoms with Gasteiger partial charge in [-0.05, 0) is 86.0 Å². The molecule has 27 heavy (non-hydrogen) atoms. The van der Waals surface area contributed by atoms with E-state index in [1.165, 1.54) is 44.1 Å². The van der Waals surface area contributed by atoms with Crippen molar-refractivity contribution in [2.75, 3.05) is 0 Å². The van der Waals surface area contributed by atoms with Crippen molar-refractivity contribution >= 4 is 11.7 Å². The number of carbonyl (C=O) groups is 2. The highest BCUT2D eigenvalue weighted by Gasteiger charge is 2.57. The number of primary amides is 1. The molecule has 3 saturated carbocycles. The Morgan fingerprint density at radius 3 is 2.63 bits per heavy atom. The third kappa shape index (κ3) is 2.91. The first-order chi connectivity index (χ1) is 12.6. The molecule has 3 nitrogen and oxygen atoms in total. The molecule has 4 aliphatic rings. The van der Waals surface area contributed by atoms with Crippen molar-refractivity contribution in [1.29, 1.82) is 0 Å². The summed E-state index contributed by atoms with van der Waals surface area (Å²) in [6, 6.07) is 0. The fourth-order valence-electron chi connectivity index (χ4n) is 7.63. The second kappa shape index (κ2) is 6.19. The molecular weight excluding hydrogens is 334 g/mol. The zero-order chi connectivity index (χ0) is 19.6. The molecule has 3 fully saturated rings. The van der Waals surface area contributed by atoms with Crippen molar-refractivity contribution in [2.45, 2.75) is 85.5 Å². The molecule has 150 valence electrons. The number of hydrogen-bond donors (Lipinski definition) is 1. The number of ketones is 1. The van der Waals surface area contributed by atoms with Crippen molar-refractivity contribution in [3.8, 4) is 0 Å². The van der Waals surface area contributed by atoms with E-state index in [4.69, 9.17) is 5.73 Å². The van der Waals surface area contributed by atoms with E-state index in [1.54, 1.807) is 0 Å². The molecule has 3 heteroatoms. The van der Waals surface area contributed by atoms with E-state index in [0.717, 1.165) is 24.7 Å². The van der Waals surface area contributed by atoms with Crippen LogP contribution in [0.3, 0.4) is 0 Å². The van der Waals surface area contributed by atoms with Crippen LogP contribution in [0, 0.1) is 39.9 Å². The standard InChI is InChI=1S/C24H37NO2/c1-22(2,21(25)27)13-15-14-24(4)16(12-20(15)26)7-8-17-18-6-5-10-23(18,3)11-9-19(17)24/h12,15,17-19H,5-11,13-14H2,1-4H3,(H2,25,27)/t15?,17-,18-,19+,23-,24-/m0/s1. The number of nitrogens with two attached hydrogens (primary N) is 1. The predicted octanol–water partition coefficient (Wildman–Crippen LogP) is 5.04. The van der Waals surface area contributed by atoms with Gasteiger partial charge >= 0.3 is 0 Å². The minimum absolute atomic E-state index is 0.0584. The molecule has 0 aromatic rings. The average molecular weight is 372 g/mol. The van der Waals surface area contributed by atoms with Gasteiger partial charge in [-0.15, -0.1) is 0 Å². The maximum absolute atomic E-state index is 12.9. The lowest BCUT2D eigenvalue weighted by molar-refractivity contribution is -0.130. The Balaban J connectivity index is 1.62. The molecule has 1 amide bonds. The third-order valence-corrected chi connectivity index (χ3v) is 9.33. The minimum Gasteiger partial charge on any atom is -0.369 e. The lowest BCUT2D eigenvalue weighted by Gasteiger charge is -2.58. The molecular formula is C24H37NO2. The Labute approximate surface area is 164 Å². The number of carbonyl (C=O) groups excluding carboxylic acids is 2. The average Bonchev–Trinajstić information content (AvgIpc) is 2.97. The van der Waals surface area contributed by atoms with Crippen LogP contribution < -0.4 is 5.73 Å². The van der Waals surface area contributed by atoms with Gasteiger partial charge in [0.1, 0.15) is 0 Å². The normalized spacial score (nSPS) is 44.1. The summed E-state index contributed by atoms with van der Waals surface area (Å²) in [4.78, 5) is 24.7. The number of amides is 1. The molecule has 0 heterocycles. The topological polar surface area (TPSA) is 60.2 Å². The highest BCUT2D eigenvalue weighted by molar-refractivity contribution is 5.94.